The third-order valence-corrected chi connectivity index (χ3v) is 6.85. The predicted molar refractivity (Wildman–Crippen MR) is 107 cm³/mol. The molecule has 0 N–H and O–H groups in total. The van der Waals surface area contributed by atoms with Gasteiger partial charge in [-0.2, -0.15) is 4.31 Å². The standard InChI is InChI=1S/C21H18ClNO3S/c22-20-4-2-1-3-17(20)8-5-16-6-9-19(10-7-16)27(24,25)23-13-11-21-18(15-23)12-14-26-21/h1-10,12,14H,11,13,15H2. The van der Waals surface area contributed by atoms with Crippen LogP contribution in [-0.4, -0.2) is 19.3 Å². The van der Waals surface area contributed by atoms with Crippen LogP contribution in [0.4, 0.5) is 0 Å². The molecule has 2 aromatic carbocycles. The average molecular weight is 400 g/mol. The highest BCUT2D eigenvalue weighted by Gasteiger charge is 2.29. The summed E-state index contributed by atoms with van der Waals surface area (Å²) in [6.07, 6.45) is 6.04. The van der Waals surface area contributed by atoms with Crippen LogP contribution in [0.2, 0.25) is 5.02 Å². The molecular weight excluding hydrogens is 382 g/mol. The zero-order valence-electron chi connectivity index (χ0n) is 14.5. The van der Waals surface area contributed by atoms with Crippen molar-refractivity contribution >= 4 is 33.8 Å². The number of halogens is 1. The zero-order valence-corrected chi connectivity index (χ0v) is 16.1. The van der Waals surface area contributed by atoms with Crippen LogP contribution in [0.1, 0.15) is 22.5 Å². The van der Waals surface area contributed by atoms with Crippen LogP contribution in [0.25, 0.3) is 12.2 Å². The van der Waals surface area contributed by atoms with Crippen LogP contribution in [0, 0.1) is 0 Å². The molecule has 3 aromatic rings. The van der Waals surface area contributed by atoms with Crippen molar-refractivity contribution in [3.8, 4) is 0 Å². The van der Waals surface area contributed by atoms with Gasteiger partial charge in [-0.25, -0.2) is 8.42 Å². The summed E-state index contributed by atoms with van der Waals surface area (Å²) in [5.74, 6) is 0.876. The van der Waals surface area contributed by atoms with Gasteiger partial charge in [0.2, 0.25) is 10.0 Å². The Labute approximate surface area is 163 Å². The molecule has 4 rings (SSSR count). The van der Waals surface area contributed by atoms with E-state index in [-0.39, 0.29) is 0 Å². The fourth-order valence-corrected chi connectivity index (χ4v) is 4.74. The monoisotopic (exact) mass is 399 g/mol. The van der Waals surface area contributed by atoms with E-state index in [1.807, 2.05) is 42.5 Å². The van der Waals surface area contributed by atoms with Gasteiger partial charge in [0.1, 0.15) is 5.76 Å². The van der Waals surface area contributed by atoms with E-state index in [0.29, 0.717) is 29.4 Å². The summed E-state index contributed by atoms with van der Waals surface area (Å²) < 4.78 is 32.7. The second-order valence-electron chi connectivity index (χ2n) is 6.38. The Morgan fingerprint density at radius 3 is 2.56 bits per heavy atom. The lowest BCUT2D eigenvalue weighted by Gasteiger charge is -2.25. The number of sulfonamides is 1. The van der Waals surface area contributed by atoms with Gasteiger partial charge in [0, 0.05) is 30.1 Å². The van der Waals surface area contributed by atoms with Gasteiger partial charge in [0.15, 0.2) is 0 Å². The van der Waals surface area contributed by atoms with Gasteiger partial charge in [-0.15, -0.1) is 0 Å². The molecule has 0 bridgehead atoms. The molecule has 138 valence electrons. The molecule has 0 unspecified atom stereocenters. The van der Waals surface area contributed by atoms with Crippen molar-refractivity contribution in [2.45, 2.75) is 17.9 Å². The van der Waals surface area contributed by atoms with Crippen LogP contribution < -0.4 is 0 Å². The Morgan fingerprint density at radius 1 is 1.00 bits per heavy atom. The van der Waals surface area contributed by atoms with E-state index in [1.54, 1.807) is 30.5 Å². The molecule has 0 spiro atoms. The first-order valence-electron chi connectivity index (χ1n) is 8.62. The zero-order chi connectivity index (χ0) is 18.9. The van der Waals surface area contributed by atoms with Crippen molar-refractivity contribution in [2.24, 2.45) is 0 Å². The van der Waals surface area contributed by atoms with Gasteiger partial charge in [0.25, 0.3) is 0 Å². The van der Waals surface area contributed by atoms with Gasteiger partial charge in [-0.1, -0.05) is 54.1 Å². The van der Waals surface area contributed by atoms with E-state index < -0.39 is 10.0 Å². The summed E-state index contributed by atoms with van der Waals surface area (Å²) in [5, 5.41) is 0.677. The van der Waals surface area contributed by atoms with Crippen LogP contribution in [0.5, 0.6) is 0 Å². The van der Waals surface area contributed by atoms with Gasteiger partial charge >= 0.3 is 0 Å². The Bertz CT molecular complexity index is 1080. The second-order valence-corrected chi connectivity index (χ2v) is 8.73. The Morgan fingerprint density at radius 2 is 1.78 bits per heavy atom. The summed E-state index contributed by atoms with van der Waals surface area (Å²) in [5.41, 5.74) is 2.76. The molecule has 0 aliphatic carbocycles. The molecule has 2 heterocycles. The highest BCUT2D eigenvalue weighted by atomic mass is 35.5. The molecule has 0 radical (unpaired) electrons. The Kier molecular flexibility index (Phi) is 4.91. The molecule has 0 atom stereocenters. The van der Waals surface area contributed by atoms with Crippen LogP contribution >= 0.6 is 11.6 Å². The first-order valence-corrected chi connectivity index (χ1v) is 10.4. The first-order chi connectivity index (χ1) is 13.0. The summed E-state index contributed by atoms with van der Waals surface area (Å²) in [4.78, 5) is 0.296. The highest BCUT2D eigenvalue weighted by molar-refractivity contribution is 7.89. The summed E-state index contributed by atoms with van der Waals surface area (Å²) in [6.45, 7) is 0.777. The predicted octanol–water partition coefficient (Wildman–Crippen LogP) is 4.85. The normalized spacial score (nSPS) is 15.1. The SMILES string of the molecule is O=S(=O)(c1ccc(C=Cc2ccccc2Cl)cc1)N1CCc2occc2C1. The molecule has 0 amide bonds. The quantitative estimate of drug-likeness (QED) is 0.589. The van der Waals surface area contributed by atoms with Crippen LogP contribution in [0.15, 0.2) is 70.2 Å². The Hall–Kier alpha value is -2.34. The third-order valence-electron chi connectivity index (χ3n) is 4.65. The van der Waals surface area contributed by atoms with E-state index in [1.165, 1.54) is 4.31 Å². The summed E-state index contributed by atoms with van der Waals surface area (Å²) in [7, 11) is -3.53. The van der Waals surface area contributed by atoms with Gasteiger partial charge in [-0.05, 0) is 35.4 Å². The molecule has 1 aliphatic heterocycles. The van der Waals surface area contributed by atoms with Gasteiger partial charge < -0.3 is 4.42 Å². The average Bonchev–Trinajstić information content (AvgIpc) is 3.15. The molecule has 6 heteroatoms. The molecule has 0 fully saturated rings. The number of fused-ring (bicyclic) bond motifs is 1. The maximum absolute atomic E-state index is 12.9. The van der Waals surface area contributed by atoms with E-state index in [2.05, 4.69) is 0 Å². The van der Waals surface area contributed by atoms with E-state index in [0.717, 1.165) is 22.5 Å². The second kappa shape index (κ2) is 7.35. The van der Waals surface area contributed by atoms with Crippen molar-refractivity contribution < 1.29 is 12.8 Å². The number of nitrogens with zero attached hydrogens (tertiary/aromatic N) is 1. The number of hydrogen-bond acceptors (Lipinski definition) is 3. The topological polar surface area (TPSA) is 50.5 Å². The van der Waals surface area contributed by atoms with Crippen molar-refractivity contribution in [1.82, 2.24) is 4.31 Å². The molecular formula is C21H18ClNO3S. The molecule has 1 aliphatic rings. The van der Waals surface area contributed by atoms with Gasteiger partial charge in [0.05, 0.1) is 11.2 Å². The lowest BCUT2D eigenvalue weighted by atomic mass is 10.1. The minimum Gasteiger partial charge on any atom is -0.469 e. The maximum Gasteiger partial charge on any atom is 0.243 e. The molecule has 0 saturated heterocycles. The lowest BCUT2D eigenvalue weighted by molar-refractivity contribution is 0.362. The highest BCUT2D eigenvalue weighted by Crippen LogP contribution is 2.26. The molecule has 27 heavy (non-hydrogen) atoms. The summed E-state index contributed by atoms with van der Waals surface area (Å²) >= 11 is 6.15. The fourth-order valence-electron chi connectivity index (χ4n) is 3.12. The molecule has 4 nitrogen and oxygen atoms in total. The largest absolute Gasteiger partial charge is 0.469 e. The van der Waals surface area contributed by atoms with E-state index >= 15 is 0 Å². The van der Waals surface area contributed by atoms with E-state index in [9.17, 15) is 8.42 Å². The lowest BCUT2D eigenvalue weighted by Crippen LogP contribution is -2.35. The number of rotatable bonds is 4. The maximum atomic E-state index is 12.9. The smallest absolute Gasteiger partial charge is 0.243 e. The molecule has 0 saturated carbocycles. The molecule has 1 aromatic heterocycles. The summed E-state index contributed by atoms with van der Waals surface area (Å²) in [6, 6.07) is 16.3. The number of furan rings is 1. The van der Waals surface area contributed by atoms with Crippen molar-refractivity contribution in [3.05, 3.63) is 88.3 Å². The fraction of sp³-hybridized carbons (Fsp3) is 0.143. The van der Waals surface area contributed by atoms with Crippen molar-refractivity contribution in [2.75, 3.05) is 6.54 Å². The minimum absolute atomic E-state index is 0.296. The van der Waals surface area contributed by atoms with Crippen molar-refractivity contribution in [1.29, 1.82) is 0 Å². The van der Waals surface area contributed by atoms with E-state index in [4.69, 9.17) is 16.0 Å². The third kappa shape index (κ3) is 3.72. The number of benzene rings is 2. The van der Waals surface area contributed by atoms with Crippen LogP contribution in [0.3, 0.4) is 0 Å². The van der Waals surface area contributed by atoms with Crippen molar-refractivity contribution in [3.63, 3.8) is 0 Å². The first kappa shape index (κ1) is 18.0. The Balaban J connectivity index is 1.52. The van der Waals surface area contributed by atoms with Crippen LogP contribution in [-0.2, 0) is 23.0 Å². The van der Waals surface area contributed by atoms with Gasteiger partial charge in [-0.3, -0.25) is 0 Å². The number of hydrogen-bond donors (Lipinski definition) is 0. The minimum atomic E-state index is -3.53.